The second kappa shape index (κ2) is 8.13. The van der Waals surface area contributed by atoms with Crippen molar-refractivity contribution < 1.29 is 9.31 Å². The van der Waals surface area contributed by atoms with Crippen LogP contribution < -0.4 is 5.46 Å². The fourth-order valence-electron chi connectivity index (χ4n) is 3.49. The van der Waals surface area contributed by atoms with Crippen LogP contribution in [0.5, 0.6) is 0 Å². The van der Waals surface area contributed by atoms with E-state index in [0.717, 1.165) is 11.0 Å². The van der Waals surface area contributed by atoms with Crippen molar-refractivity contribution >= 4 is 12.6 Å². The third kappa shape index (κ3) is 4.15. The number of hydrogen-bond donors (Lipinski definition) is 0. The molecule has 0 radical (unpaired) electrons. The second-order valence-corrected chi connectivity index (χ2v) is 8.95. The van der Waals surface area contributed by atoms with Gasteiger partial charge in [-0.05, 0) is 57.4 Å². The topological polar surface area (TPSA) is 82.9 Å². The van der Waals surface area contributed by atoms with Gasteiger partial charge in [-0.2, -0.15) is 0 Å². The van der Waals surface area contributed by atoms with E-state index in [1.54, 1.807) is 12.4 Å². The molecule has 0 aliphatic carbocycles. The molecule has 0 spiro atoms. The van der Waals surface area contributed by atoms with Crippen molar-refractivity contribution in [3.05, 3.63) is 73.1 Å². The molecule has 1 fully saturated rings. The molecule has 0 amide bonds. The van der Waals surface area contributed by atoms with E-state index >= 15 is 0 Å². The molecule has 1 aliphatic rings. The van der Waals surface area contributed by atoms with E-state index < -0.39 is 7.12 Å². The van der Waals surface area contributed by atoms with Crippen molar-refractivity contribution in [1.29, 1.82) is 0 Å². The summed E-state index contributed by atoms with van der Waals surface area (Å²) in [6.07, 6.45) is 3.44. The minimum Gasteiger partial charge on any atom is -0.399 e. The standard InChI is InChI=1S/C25H24BN5O2/c1-24(2)25(3,4)33-26(32-24)18-13-11-17(12-14-18)21-29-22(19-9-5-7-15-27-19)31-23(30-21)20-10-6-8-16-28-20/h5-16H,1-4H3. The van der Waals surface area contributed by atoms with Crippen molar-refractivity contribution in [2.45, 2.75) is 38.9 Å². The average Bonchev–Trinajstić information content (AvgIpc) is 3.07. The number of rotatable bonds is 4. The van der Waals surface area contributed by atoms with Gasteiger partial charge in [0, 0.05) is 18.0 Å². The van der Waals surface area contributed by atoms with Crippen LogP contribution in [0.1, 0.15) is 27.7 Å². The summed E-state index contributed by atoms with van der Waals surface area (Å²) in [5.41, 5.74) is 2.37. The van der Waals surface area contributed by atoms with Crippen molar-refractivity contribution in [1.82, 2.24) is 24.9 Å². The number of aromatic nitrogens is 5. The Bertz CT molecular complexity index is 1190. The number of hydrogen-bond acceptors (Lipinski definition) is 7. The maximum atomic E-state index is 6.17. The highest BCUT2D eigenvalue weighted by molar-refractivity contribution is 6.62. The molecule has 0 unspecified atom stereocenters. The molecule has 7 nitrogen and oxygen atoms in total. The van der Waals surface area contributed by atoms with Crippen LogP contribution in [0, 0.1) is 0 Å². The zero-order valence-electron chi connectivity index (χ0n) is 19.1. The van der Waals surface area contributed by atoms with Crippen LogP contribution in [0.25, 0.3) is 34.4 Å². The van der Waals surface area contributed by atoms with Gasteiger partial charge in [0.1, 0.15) is 11.4 Å². The Labute approximate surface area is 193 Å². The number of nitrogens with zero attached hydrogens (tertiary/aromatic N) is 5. The van der Waals surface area contributed by atoms with Crippen LogP contribution in [0.3, 0.4) is 0 Å². The van der Waals surface area contributed by atoms with Crippen LogP contribution in [0.4, 0.5) is 0 Å². The smallest absolute Gasteiger partial charge is 0.399 e. The normalized spacial score (nSPS) is 16.7. The predicted octanol–water partition coefficient (Wildman–Crippen LogP) is 3.96. The summed E-state index contributed by atoms with van der Waals surface area (Å²) in [6, 6.07) is 19.2. The van der Waals surface area contributed by atoms with E-state index in [1.165, 1.54) is 0 Å². The average molecular weight is 437 g/mol. The third-order valence-corrected chi connectivity index (χ3v) is 6.12. The predicted molar refractivity (Wildman–Crippen MR) is 127 cm³/mol. The Morgan fingerprint density at radius 1 is 0.606 bits per heavy atom. The van der Waals surface area contributed by atoms with Gasteiger partial charge < -0.3 is 9.31 Å². The minimum absolute atomic E-state index is 0.389. The fraction of sp³-hybridized carbons (Fsp3) is 0.240. The van der Waals surface area contributed by atoms with Gasteiger partial charge in [-0.25, -0.2) is 15.0 Å². The minimum atomic E-state index is -0.421. The van der Waals surface area contributed by atoms with Gasteiger partial charge >= 0.3 is 7.12 Å². The molecule has 4 aromatic rings. The first-order valence-corrected chi connectivity index (χ1v) is 10.9. The van der Waals surface area contributed by atoms with Gasteiger partial charge in [0.25, 0.3) is 0 Å². The van der Waals surface area contributed by atoms with Crippen molar-refractivity contribution in [2.75, 3.05) is 0 Å². The first-order valence-electron chi connectivity index (χ1n) is 10.9. The van der Waals surface area contributed by atoms with Crippen molar-refractivity contribution in [3.63, 3.8) is 0 Å². The van der Waals surface area contributed by atoms with E-state index in [9.17, 15) is 0 Å². The lowest BCUT2D eigenvalue weighted by Gasteiger charge is -2.32. The highest BCUT2D eigenvalue weighted by Gasteiger charge is 2.51. The molecule has 1 saturated heterocycles. The van der Waals surface area contributed by atoms with Gasteiger partial charge in [-0.3, -0.25) is 9.97 Å². The van der Waals surface area contributed by atoms with Crippen LogP contribution in [-0.2, 0) is 9.31 Å². The summed E-state index contributed by atoms with van der Waals surface area (Å²) < 4.78 is 12.3. The quantitative estimate of drug-likeness (QED) is 0.447. The molecule has 0 N–H and O–H groups in total. The Kier molecular flexibility index (Phi) is 5.27. The van der Waals surface area contributed by atoms with E-state index in [-0.39, 0.29) is 11.2 Å². The highest BCUT2D eigenvalue weighted by Crippen LogP contribution is 2.36. The molecule has 0 atom stereocenters. The second-order valence-electron chi connectivity index (χ2n) is 8.95. The SMILES string of the molecule is CC1(C)OB(c2ccc(-c3nc(-c4ccccn4)nc(-c4ccccn4)n3)cc2)OC1(C)C. The number of pyridine rings is 2. The lowest BCUT2D eigenvalue weighted by Crippen LogP contribution is -2.41. The largest absolute Gasteiger partial charge is 0.494 e. The zero-order valence-corrected chi connectivity index (χ0v) is 19.1. The van der Waals surface area contributed by atoms with Crippen LogP contribution in [-0.4, -0.2) is 43.2 Å². The van der Waals surface area contributed by atoms with Gasteiger partial charge in [0.05, 0.1) is 11.2 Å². The molecule has 1 aliphatic heterocycles. The summed E-state index contributed by atoms with van der Waals surface area (Å²) >= 11 is 0. The van der Waals surface area contributed by atoms with Gasteiger partial charge in [-0.15, -0.1) is 0 Å². The van der Waals surface area contributed by atoms with E-state index in [4.69, 9.17) is 19.3 Å². The van der Waals surface area contributed by atoms with Crippen molar-refractivity contribution in [2.24, 2.45) is 0 Å². The molecule has 3 aromatic heterocycles. The highest BCUT2D eigenvalue weighted by atomic mass is 16.7. The van der Waals surface area contributed by atoms with Crippen LogP contribution in [0.2, 0.25) is 0 Å². The molecule has 164 valence electrons. The molecule has 0 saturated carbocycles. The van der Waals surface area contributed by atoms with E-state index in [1.807, 2.05) is 88.4 Å². The lowest BCUT2D eigenvalue weighted by molar-refractivity contribution is 0.00578. The van der Waals surface area contributed by atoms with Crippen LogP contribution in [0.15, 0.2) is 73.1 Å². The Morgan fingerprint density at radius 2 is 1.09 bits per heavy atom. The van der Waals surface area contributed by atoms with Crippen molar-refractivity contribution in [3.8, 4) is 34.4 Å². The maximum Gasteiger partial charge on any atom is 0.494 e. The molecule has 0 bridgehead atoms. The molecule has 1 aromatic carbocycles. The van der Waals surface area contributed by atoms with Gasteiger partial charge in [0.2, 0.25) is 0 Å². The third-order valence-electron chi connectivity index (χ3n) is 6.12. The zero-order chi connectivity index (χ0) is 23.1. The molecule has 5 rings (SSSR count). The lowest BCUT2D eigenvalue weighted by atomic mass is 9.79. The Balaban J connectivity index is 1.52. The molecule has 8 heteroatoms. The summed E-state index contributed by atoms with van der Waals surface area (Å²) in [7, 11) is -0.421. The maximum absolute atomic E-state index is 6.17. The van der Waals surface area contributed by atoms with E-state index in [2.05, 4.69) is 15.0 Å². The molecular formula is C25H24BN5O2. The summed E-state index contributed by atoms with van der Waals surface area (Å²) in [5, 5.41) is 0. The molecule has 4 heterocycles. The number of benzene rings is 1. The molecular weight excluding hydrogens is 413 g/mol. The van der Waals surface area contributed by atoms with Gasteiger partial charge in [-0.1, -0.05) is 36.4 Å². The Morgan fingerprint density at radius 3 is 1.55 bits per heavy atom. The Hall–Kier alpha value is -3.49. The van der Waals surface area contributed by atoms with Crippen LogP contribution >= 0.6 is 0 Å². The van der Waals surface area contributed by atoms with E-state index in [0.29, 0.717) is 28.9 Å². The summed E-state index contributed by atoms with van der Waals surface area (Å²) in [4.78, 5) is 22.8. The molecule has 33 heavy (non-hydrogen) atoms. The monoisotopic (exact) mass is 437 g/mol. The fourth-order valence-corrected chi connectivity index (χ4v) is 3.49. The first kappa shape index (κ1) is 21.4. The summed E-state index contributed by atoms with van der Waals surface area (Å²) in [6.45, 7) is 8.18. The van der Waals surface area contributed by atoms with Gasteiger partial charge in [0.15, 0.2) is 17.5 Å². The summed E-state index contributed by atoms with van der Waals surface area (Å²) in [5.74, 6) is 1.54. The first-order chi connectivity index (χ1) is 15.8.